The molecule has 0 atom stereocenters. The number of H-pyrrole nitrogens is 1. The highest BCUT2D eigenvalue weighted by Gasteiger charge is 2.25. The number of nitrogens with zero attached hydrogens (tertiary/aromatic N) is 2. The largest absolute Gasteiger partial charge is 0.329 e. The van der Waals surface area contributed by atoms with E-state index in [1.165, 1.54) is 4.57 Å². The number of ketones is 1. The third-order valence-electron chi connectivity index (χ3n) is 4.91. The standard InChI is InChI=1S/C24H23N3O3/c1-14(2)20-21(22(28)19-9-15(3)8-16(4)10-19)27(24(30)26-23(20)29)13-18-7-5-6-17(11-18)12-25/h5-11,14H,13H2,1-4H3,(H,26,29,30). The summed E-state index contributed by atoms with van der Waals surface area (Å²) in [5, 5.41) is 9.16. The van der Waals surface area contributed by atoms with E-state index in [2.05, 4.69) is 11.1 Å². The van der Waals surface area contributed by atoms with Gasteiger partial charge in [0, 0.05) is 11.1 Å². The number of aromatic amines is 1. The second-order valence-corrected chi connectivity index (χ2v) is 7.78. The molecule has 0 saturated heterocycles. The van der Waals surface area contributed by atoms with Gasteiger partial charge in [-0.15, -0.1) is 0 Å². The summed E-state index contributed by atoms with van der Waals surface area (Å²) in [4.78, 5) is 41.3. The maximum Gasteiger partial charge on any atom is 0.329 e. The van der Waals surface area contributed by atoms with Crippen LogP contribution in [0, 0.1) is 25.2 Å². The fraction of sp³-hybridized carbons (Fsp3) is 0.250. The fourth-order valence-electron chi connectivity index (χ4n) is 3.68. The first-order valence-electron chi connectivity index (χ1n) is 9.70. The molecule has 2 aromatic carbocycles. The van der Waals surface area contributed by atoms with Gasteiger partial charge in [0.2, 0.25) is 5.78 Å². The Morgan fingerprint density at radius 3 is 2.37 bits per heavy atom. The molecule has 0 saturated carbocycles. The van der Waals surface area contributed by atoms with E-state index < -0.39 is 11.2 Å². The summed E-state index contributed by atoms with van der Waals surface area (Å²) >= 11 is 0. The van der Waals surface area contributed by atoms with E-state index in [9.17, 15) is 14.4 Å². The third-order valence-corrected chi connectivity index (χ3v) is 4.91. The summed E-state index contributed by atoms with van der Waals surface area (Å²) in [5.41, 5.74) is 2.57. The lowest BCUT2D eigenvalue weighted by Gasteiger charge is -2.18. The molecule has 3 rings (SSSR count). The Labute approximate surface area is 174 Å². The molecule has 30 heavy (non-hydrogen) atoms. The number of benzene rings is 2. The van der Waals surface area contributed by atoms with Crippen molar-refractivity contribution in [2.24, 2.45) is 0 Å². The van der Waals surface area contributed by atoms with Crippen LogP contribution in [-0.4, -0.2) is 15.3 Å². The van der Waals surface area contributed by atoms with E-state index in [4.69, 9.17) is 5.26 Å². The highest BCUT2D eigenvalue weighted by molar-refractivity contribution is 6.09. The summed E-state index contributed by atoms with van der Waals surface area (Å²) in [6.07, 6.45) is 0. The second-order valence-electron chi connectivity index (χ2n) is 7.78. The van der Waals surface area contributed by atoms with Gasteiger partial charge < -0.3 is 0 Å². The molecule has 0 amide bonds. The van der Waals surface area contributed by atoms with Gasteiger partial charge in [-0.05, 0) is 49.6 Å². The lowest BCUT2D eigenvalue weighted by atomic mass is 9.95. The van der Waals surface area contributed by atoms with E-state index in [-0.39, 0.29) is 29.5 Å². The number of aryl methyl sites for hydroxylation is 2. The van der Waals surface area contributed by atoms with E-state index in [1.54, 1.807) is 36.4 Å². The average molecular weight is 401 g/mol. The average Bonchev–Trinajstić information content (AvgIpc) is 2.68. The molecule has 6 nitrogen and oxygen atoms in total. The van der Waals surface area contributed by atoms with Gasteiger partial charge in [0.1, 0.15) is 5.69 Å². The van der Waals surface area contributed by atoms with Gasteiger partial charge >= 0.3 is 5.69 Å². The Balaban J connectivity index is 2.28. The van der Waals surface area contributed by atoms with E-state index in [1.807, 2.05) is 33.8 Å². The van der Waals surface area contributed by atoms with Crippen LogP contribution in [0.25, 0.3) is 0 Å². The highest BCUT2D eigenvalue weighted by atomic mass is 16.2. The molecule has 0 unspecified atom stereocenters. The van der Waals surface area contributed by atoms with Crippen molar-refractivity contribution < 1.29 is 4.79 Å². The van der Waals surface area contributed by atoms with E-state index in [0.717, 1.165) is 11.1 Å². The van der Waals surface area contributed by atoms with Gasteiger partial charge in [0.15, 0.2) is 0 Å². The van der Waals surface area contributed by atoms with Crippen LogP contribution in [0.5, 0.6) is 0 Å². The van der Waals surface area contributed by atoms with Crippen molar-refractivity contribution in [2.45, 2.75) is 40.2 Å². The predicted molar refractivity (Wildman–Crippen MR) is 115 cm³/mol. The van der Waals surface area contributed by atoms with Crippen LogP contribution < -0.4 is 11.2 Å². The summed E-state index contributed by atoms with van der Waals surface area (Å²) < 4.78 is 1.30. The number of carbonyl (C=O) groups is 1. The minimum absolute atomic E-state index is 0.0662. The molecule has 3 aromatic rings. The fourth-order valence-corrected chi connectivity index (χ4v) is 3.68. The molecular weight excluding hydrogens is 378 g/mol. The van der Waals surface area contributed by atoms with Crippen LogP contribution in [0.4, 0.5) is 0 Å². The minimum Gasteiger partial charge on any atom is -0.287 e. The number of carbonyl (C=O) groups excluding carboxylic acids is 1. The maximum absolute atomic E-state index is 13.5. The van der Waals surface area contributed by atoms with Crippen molar-refractivity contribution in [3.05, 3.63) is 102 Å². The number of nitrogens with one attached hydrogen (secondary N) is 1. The van der Waals surface area contributed by atoms with Gasteiger partial charge in [-0.25, -0.2) is 4.79 Å². The van der Waals surface area contributed by atoms with Crippen molar-refractivity contribution in [3.63, 3.8) is 0 Å². The molecule has 0 aliphatic rings. The normalized spacial score (nSPS) is 10.8. The van der Waals surface area contributed by atoms with Crippen molar-refractivity contribution in [1.82, 2.24) is 9.55 Å². The van der Waals surface area contributed by atoms with Gasteiger partial charge in [-0.3, -0.25) is 19.1 Å². The quantitative estimate of drug-likeness (QED) is 0.663. The minimum atomic E-state index is -0.653. The molecule has 0 spiro atoms. The molecule has 0 bridgehead atoms. The topological polar surface area (TPSA) is 95.7 Å². The van der Waals surface area contributed by atoms with Crippen LogP contribution in [-0.2, 0) is 6.54 Å². The summed E-state index contributed by atoms with van der Waals surface area (Å²) in [7, 11) is 0. The molecule has 0 aliphatic carbocycles. The van der Waals surface area contributed by atoms with Crippen LogP contribution in [0.2, 0.25) is 0 Å². The van der Waals surface area contributed by atoms with Gasteiger partial charge in [-0.1, -0.05) is 43.2 Å². The number of hydrogen-bond acceptors (Lipinski definition) is 4. The molecule has 6 heteroatoms. The van der Waals surface area contributed by atoms with Crippen LogP contribution in [0.15, 0.2) is 52.1 Å². The van der Waals surface area contributed by atoms with Crippen molar-refractivity contribution in [3.8, 4) is 6.07 Å². The number of rotatable bonds is 5. The van der Waals surface area contributed by atoms with Crippen molar-refractivity contribution in [1.29, 1.82) is 5.26 Å². The molecule has 0 fully saturated rings. The Kier molecular flexibility index (Phi) is 5.84. The molecule has 0 radical (unpaired) electrons. The van der Waals surface area contributed by atoms with Crippen molar-refractivity contribution in [2.75, 3.05) is 0 Å². The zero-order valence-corrected chi connectivity index (χ0v) is 17.4. The van der Waals surface area contributed by atoms with Gasteiger partial charge in [0.05, 0.1) is 18.2 Å². The Morgan fingerprint density at radius 1 is 1.10 bits per heavy atom. The zero-order chi connectivity index (χ0) is 22.0. The molecular formula is C24H23N3O3. The maximum atomic E-state index is 13.5. The molecule has 1 aromatic heterocycles. The summed E-state index contributed by atoms with van der Waals surface area (Å²) in [6.45, 7) is 7.48. The monoisotopic (exact) mass is 401 g/mol. The van der Waals surface area contributed by atoms with Crippen LogP contribution in [0.1, 0.15) is 63.6 Å². The third kappa shape index (κ3) is 4.15. The van der Waals surface area contributed by atoms with E-state index in [0.29, 0.717) is 16.7 Å². The number of aromatic nitrogens is 2. The van der Waals surface area contributed by atoms with Gasteiger partial charge in [0.25, 0.3) is 5.56 Å². The zero-order valence-electron chi connectivity index (χ0n) is 17.4. The van der Waals surface area contributed by atoms with E-state index >= 15 is 0 Å². The SMILES string of the molecule is Cc1cc(C)cc(C(=O)c2c(C(C)C)c(=O)[nH]c(=O)n2Cc2cccc(C#N)c2)c1. The molecule has 1 heterocycles. The first kappa shape index (κ1) is 21.0. The Morgan fingerprint density at radius 2 is 1.77 bits per heavy atom. The lowest BCUT2D eigenvalue weighted by molar-refractivity contribution is 0.102. The predicted octanol–water partition coefficient (Wildman–Crippen LogP) is 3.43. The van der Waals surface area contributed by atoms with Gasteiger partial charge in [-0.2, -0.15) is 5.26 Å². The molecule has 1 N–H and O–H groups in total. The summed E-state index contributed by atoms with van der Waals surface area (Å²) in [5.74, 6) is -0.638. The second kappa shape index (κ2) is 8.34. The first-order valence-corrected chi connectivity index (χ1v) is 9.70. The van der Waals surface area contributed by atoms with Crippen LogP contribution >= 0.6 is 0 Å². The first-order chi connectivity index (χ1) is 14.2. The Bertz CT molecular complexity index is 1270. The highest BCUT2D eigenvalue weighted by Crippen LogP contribution is 2.20. The number of hydrogen-bond donors (Lipinski definition) is 1. The van der Waals surface area contributed by atoms with Crippen molar-refractivity contribution >= 4 is 5.78 Å². The van der Waals surface area contributed by atoms with Crippen LogP contribution in [0.3, 0.4) is 0 Å². The molecule has 152 valence electrons. The summed E-state index contributed by atoms with van der Waals surface area (Å²) in [6, 6.07) is 14.4. The number of nitriles is 1. The Hall–Kier alpha value is -3.72. The molecule has 0 aliphatic heterocycles. The lowest BCUT2D eigenvalue weighted by Crippen LogP contribution is -2.38. The smallest absolute Gasteiger partial charge is 0.287 e.